The van der Waals surface area contributed by atoms with Crippen LogP contribution in [0.1, 0.15) is 15.9 Å². The van der Waals surface area contributed by atoms with Gasteiger partial charge in [0.15, 0.2) is 18.1 Å². The molecule has 2 rings (SSSR count). The number of rotatable bonds is 8. The van der Waals surface area contributed by atoms with Crippen LogP contribution in [0.25, 0.3) is 0 Å². The molecule has 0 aliphatic rings. The molecule has 0 aliphatic carbocycles. The summed E-state index contributed by atoms with van der Waals surface area (Å²) in [6.07, 6.45) is 0. The van der Waals surface area contributed by atoms with Crippen molar-refractivity contribution in [3.63, 3.8) is 0 Å². The predicted octanol–water partition coefficient (Wildman–Crippen LogP) is 2.44. The lowest BCUT2D eigenvalue weighted by molar-refractivity contribution is -0.139. The maximum absolute atomic E-state index is 12.6. The van der Waals surface area contributed by atoms with E-state index in [1.54, 1.807) is 54.4 Å². The van der Waals surface area contributed by atoms with E-state index in [4.69, 9.17) is 19.3 Å². The van der Waals surface area contributed by atoms with Crippen LogP contribution in [0.3, 0.4) is 0 Å². The summed E-state index contributed by atoms with van der Waals surface area (Å²) in [7, 11) is 4.76. The summed E-state index contributed by atoms with van der Waals surface area (Å²) >= 11 is 0. The number of aliphatic carboxylic acids is 1. The molecule has 0 atom stereocenters. The first-order valence-electron chi connectivity index (χ1n) is 7.85. The minimum Gasteiger partial charge on any atom is -0.493 e. The van der Waals surface area contributed by atoms with E-state index in [-0.39, 0.29) is 5.91 Å². The van der Waals surface area contributed by atoms with E-state index < -0.39 is 12.6 Å². The summed E-state index contributed by atoms with van der Waals surface area (Å²) in [5.41, 5.74) is 1.38. The fourth-order valence-electron chi connectivity index (χ4n) is 2.37. The van der Waals surface area contributed by atoms with Gasteiger partial charge in [0.2, 0.25) is 0 Å². The number of ether oxygens (including phenoxy) is 3. The normalized spacial score (nSPS) is 10.1. The lowest BCUT2D eigenvalue weighted by Gasteiger charge is -2.18. The number of carbonyl (C=O) groups excluding carboxylic acids is 1. The highest BCUT2D eigenvalue weighted by Gasteiger charge is 2.15. The van der Waals surface area contributed by atoms with Gasteiger partial charge in [-0.3, -0.25) is 4.79 Å². The summed E-state index contributed by atoms with van der Waals surface area (Å²) < 4.78 is 15.5. The van der Waals surface area contributed by atoms with E-state index in [0.717, 1.165) is 5.56 Å². The number of carboxylic acid groups (broad SMARTS) is 1. The number of carboxylic acids is 1. The molecule has 2 aromatic rings. The molecule has 0 saturated carbocycles. The zero-order valence-corrected chi connectivity index (χ0v) is 14.9. The van der Waals surface area contributed by atoms with Gasteiger partial charge in [0.1, 0.15) is 5.75 Å². The van der Waals surface area contributed by atoms with Crippen molar-refractivity contribution >= 4 is 11.9 Å². The number of hydrogen-bond acceptors (Lipinski definition) is 5. The van der Waals surface area contributed by atoms with Gasteiger partial charge in [-0.25, -0.2) is 4.79 Å². The average Bonchev–Trinajstić information content (AvgIpc) is 2.66. The summed E-state index contributed by atoms with van der Waals surface area (Å²) in [6, 6.07) is 11.9. The molecule has 0 fully saturated rings. The van der Waals surface area contributed by atoms with Crippen molar-refractivity contribution in [2.24, 2.45) is 0 Å². The first-order chi connectivity index (χ1) is 12.4. The molecule has 0 spiro atoms. The van der Waals surface area contributed by atoms with E-state index in [2.05, 4.69) is 0 Å². The van der Waals surface area contributed by atoms with Gasteiger partial charge >= 0.3 is 5.97 Å². The van der Waals surface area contributed by atoms with Gasteiger partial charge in [0.25, 0.3) is 5.91 Å². The smallest absolute Gasteiger partial charge is 0.341 e. The van der Waals surface area contributed by atoms with Crippen molar-refractivity contribution < 1.29 is 28.9 Å². The molecular weight excluding hydrogens is 338 g/mol. The molecule has 0 aliphatic heterocycles. The van der Waals surface area contributed by atoms with Gasteiger partial charge in [-0.15, -0.1) is 0 Å². The molecule has 0 unspecified atom stereocenters. The van der Waals surface area contributed by atoms with Gasteiger partial charge < -0.3 is 24.2 Å². The Bertz CT molecular complexity index is 772. The van der Waals surface area contributed by atoms with Crippen LogP contribution in [0.4, 0.5) is 0 Å². The van der Waals surface area contributed by atoms with Crippen molar-refractivity contribution in [2.45, 2.75) is 6.54 Å². The third-order valence-corrected chi connectivity index (χ3v) is 3.68. The fourth-order valence-corrected chi connectivity index (χ4v) is 2.37. The van der Waals surface area contributed by atoms with Gasteiger partial charge in [-0.05, 0) is 35.9 Å². The highest BCUT2D eigenvalue weighted by atomic mass is 16.5. The van der Waals surface area contributed by atoms with Crippen LogP contribution in [0.2, 0.25) is 0 Å². The number of benzene rings is 2. The predicted molar refractivity (Wildman–Crippen MR) is 94.9 cm³/mol. The van der Waals surface area contributed by atoms with Crippen LogP contribution in [0.5, 0.6) is 17.2 Å². The van der Waals surface area contributed by atoms with Crippen molar-refractivity contribution in [2.75, 3.05) is 27.9 Å². The van der Waals surface area contributed by atoms with E-state index in [9.17, 15) is 9.59 Å². The van der Waals surface area contributed by atoms with Crippen molar-refractivity contribution in [3.05, 3.63) is 53.6 Å². The third kappa shape index (κ3) is 4.89. The average molecular weight is 359 g/mol. The monoisotopic (exact) mass is 359 g/mol. The number of nitrogens with zero attached hydrogens (tertiary/aromatic N) is 1. The summed E-state index contributed by atoms with van der Waals surface area (Å²) in [4.78, 5) is 24.7. The Hall–Kier alpha value is -3.22. The molecule has 138 valence electrons. The minimum atomic E-state index is -1.03. The molecule has 0 bridgehead atoms. The molecular formula is C19H21NO6. The topological polar surface area (TPSA) is 85.3 Å². The van der Waals surface area contributed by atoms with E-state index >= 15 is 0 Å². The number of hydrogen-bond donors (Lipinski definition) is 1. The zero-order valence-electron chi connectivity index (χ0n) is 14.9. The van der Waals surface area contributed by atoms with E-state index in [0.29, 0.717) is 29.4 Å². The van der Waals surface area contributed by atoms with Gasteiger partial charge in [0, 0.05) is 19.2 Å². The summed E-state index contributed by atoms with van der Waals surface area (Å²) in [6.45, 7) is 0.00340. The van der Waals surface area contributed by atoms with E-state index in [1.807, 2.05) is 0 Å². The molecule has 0 saturated heterocycles. The molecule has 7 heteroatoms. The summed E-state index contributed by atoms with van der Waals surface area (Å²) in [5.74, 6) is 0.326. The highest BCUT2D eigenvalue weighted by Crippen LogP contribution is 2.28. The third-order valence-electron chi connectivity index (χ3n) is 3.68. The molecule has 7 nitrogen and oxygen atoms in total. The second-order valence-electron chi connectivity index (χ2n) is 5.56. The Kier molecular flexibility index (Phi) is 6.43. The summed E-state index contributed by atoms with van der Waals surface area (Å²) in [5, 5.41) is 8.60. The van der Waals surface area contributed by atoms with Crippen molar-refractivity contribution in [1.29, 1.82) is 0 Å². The van der Waals surface area contributed by atoms with Crippen LogP contribution in [0.15, 0.2) is 42.5 Å². The zero-order chi connectivity index (χ0) is 19.1. The Morgan fingerprint density at radius 2 is 1.65 bits per heavy atom. The Morgan fingerprint density at radius 3 is 2.23 bits per heavy atom. The molecule has 0 aromatic heterocycles. The molecule has 2 aromatic carbocycles. The first kappa shape index (κ1) is 19.1. The largest absolute Gasteiger partial charge is 0.493 e. The maximum atomic E-state index is 12.6. The second-order valence-corrected chi connectivity index (χ2v) is 5.56. The Balaban J connectivity index is 2.03. The number of amides is 1. The second kappa shape index (κ2) is 8.75. The highest BCUT2D eigenvalue weighted by molar-refractivity contribution is 5.94. The molecule has 26 heavy (non-hydrogen) atoms. The quantitative estimate of drug-likeness (QED) is 0.779. The lowest BCUT2D eigenvalue weighted by Crippen LogP contribution is -2.26. The first-order valence-corrected chi connectivity index (χ1v) is 7.85. The van der Waals surface area contributed by atoms with Gasteiger partial charge in [-0.1, -0.05) is 12.1 Å². The Labute approximate surface area is 151 Å². The molecule has 1 N–H and O–H groups in total. The van der Waals surface area contributed by atoms with Crippen molar-refractivity contribution in [1.82, 2.24) is 4.90 Å². The molecule has 0 radical (unpaired) electrons. The fraction of sp³-hybridized carbons (Fsp3) is 0.263. The standard InChI is InChI=1S/C19H21NO6/c1-20(11-13-4-7-15(8-5-13)26-12-18(21)22)19(23)14-6-9-16(24-2)17(10-14)25-3/h4-10H,11-12H2,1-3H3,(H,21,22). The van der Waals surface area contributed by atoms with Crippen LogP contribution in [-0.4, -0.2) is 49.8 Å². The van der Waals surface area contributed by atoms with Gasteiger partial charge in [0.05, 0.1) is 14.2 Å². The Morgan fingerprint density at radius 1 is 1.00 bits per heavy atom. The van der Waals surface area contributed by atoms with Crippen LogP contribution < -0.4 is 14.2 Å². The molecule has 1 amide bonds. The van der Waals surface area contributed by atoms with Crippen LogP contribution in [-0.2, 0) is 11.3 Å². The maximum Gasteiger partial charge on any atom is 0.341 e. The van der Waals surface area contributed by atoms with E-state index in [1.165, 1.54) is 14.2 Å². The van der Waals surface area contributed by atoms with Gasteiger partial charge in [-0.2, -0.15) is 0 Å². The minimum absolute atomic E-state index is 0.155. The number of carbonyl (C=O) groups is 2. The number of methoxy groups -OCH3 is 2. The van der Waals surface area contributed by atoms with Crippen LogP contribution in [0, 0.1) is 0 Å². The SMILES string of the molecule is COc1ccc(C(=O)N(C)Cc2ccc(OCC(=O)O)cc2)cc1OC. The van der Waals surface area contributed by atoms with Crippen molar-refractivity contribution in [3.8, 4) is 17.2 Å². The molecule has 0 heterocycles. The lowest BCUT2D eigenvalue weighted by atomic mass is 10.1. The van der Waals surface area contributed by atoms with Crippen LogP contribution >= 0.6 is 0 Å².